The molecule has 0 spiro atoms. The summed E-state index contributed by atoms with van der Waals surface area (Å²) in [7, 11) is 0. The Morgan fingerprint density at radius 1 is 1.03 bits per heavy atom. The number of ether oxygens (including phenoxy) is 2. The van der Waals surface area contributed by atoms with Crippen molar-refractivity contribution in [2.75, 3.05) is 32.8 Å². The number of fused-ring (bicyclic) bond motifs is 1. The van der Waals surface area contributed by atoms with Crippen LogP contribution in [-0.2, 0) is 14.3 Å². The van der Waals surface area contributed by atoms with Gasteiger partial charge in [0.2, 0.25) is 5.91 Å². The number of amides is 1. The van der Waals surface area contributed by atoms with Gasteiger partial charge in [0, 0.05) is 23.4 Å². The van der Waals surface area contributed by atoms with Crippen molar-refractivity contribution in [3.63, 3.8) is 0 Å². The monoisotopic (exact) mass is 491 g/mol. The van der Waals surface area contributed by atoms with E-state index in [1.54, 1.807) is 0 Å². The smallest absolute Gasteiger partial charge is 0.225 e. The fraction of sp³-hybridized carbons (Fsp3) is 0.692. The van der Waals surface area contributed by atoms with Crippen molar-refractivity contribution in [1.82, 2.24) is 15.4 Å². The Hall–Kier alpha value is -2.10. The number of carbonyl (C=O) groups is 1. The van der Waals surface area contributed by atoms with Gasteiger partial charge in [0.1, 0.15) is 0 Å². The number of piperidine rings is 1. The Labute approximate surface area is 204 Å². The summed E-state index contributed by atoms with van der Waals surface area (Å²) in [4.78, 5) is 14.8. The first-order valence-corrected chi connectivity index (χ1v) is 13.0. The van der Waals surface area contributed by atoms with Gasteiger partial charge < -0.3 is 24.2 Å². The lowest BCUT2D eigenvalue weighted by atomic mass is 9.83. The van der Waals surface area contributed by atoms with Crippen LogP contribution in [0, 0.1) is 17.6 Å². The molecule has 1 amide bonds. The van der Waals surface area contributed by atoms with Crippen LogP contribution >= 0.6 is 0 Å². The predicted molar refractivity (Wildman–Crippen MR) is 126 cm³/mol. The molecule has 3 fully saturated rings. The number of carbonyl (C=O) groups excluding carboxylic acids is 1. The molecule has 2 saturated heterocycles. The van der Waals surface area contributed by atoms with Gasteiger partial charge in [-0.25, -0.2) is 8.78 Å². The van der Waals surface area contributed by atoms with Crippen molar-refractivity contribution in [2.24, 2.45) is 5.92 Å². The molecule has 1 aliphatic carbocycles. The molecule has 1 saturated carbocycles. The lowest BCUT2D eigenvalue weighted by Gasteiger charge is -2.34. The van der Waals surface area contributed by atoms with E-state index in [-0.39, 0.29) is 24.3 Å². The molecule has 3 aliphatic rings. The van der Waals surface area contributed by atoms with E-state index in [4.69, 9.17) is 14.0 Å². The first-order valence-electron chi connectivity index (χ1n) is 13.0. The quantitative estimate of drug-likeness (QED) is 0.615. The summed E-state index contributed by atoms with van der Waals surface area (Å²) in [5.74, 6) is -0.837. The van der Waals surface area contributed by atoms with Crippen LogP contribution in [0.15, 0.2) is 16.7 Å². The molecule has 1 aromatic carbocycles. The second kappa shape index (κ2) is 11.3. The number of nitrogens with zero attached hydrogens (tertiary/aromatic N) is 2. The number of benzene rings is 1. The van der Waals surface area contributed by atoms with E-state index in [9.17, 15) is 13.6 Å². The first-order chi connectivity index (χ1) is 17.0. The lowest BCUT2D eigenvalue weighted by molar-refractivity contribution is -0.184. The molecule has 7 nitrogen and oxygen atoms in total. The Bertz CT molecular complexity index is 994. The third-order valence-electron chi connectivity index (χ3n) is 7.83. The van der Waals surface area contributed by atoms with Crippen LogP contribution in [0.5, 0.6) is 0 Å². The van der Waals surface area contributed by atoms with Crippen molar-refractivity contribution in [1.29, 1.82) is 0 Å². The zero-order valence-electron chi connectivity index (χ0n) is 20.1. The van der Waals surface area contributed by atoms with E-state index in [0.717, 1.165) is 76.3 Å². The average molecular weight is 492 g/mol. The summed E-state index contributed by atoms with van der Waals surface area (Å²) in [5, 5.41) is 7.89. The number of hydrogen-bond donors (Lipinski definition) is 1. The molecule has 3 heterocycles. The molecule has 0 radical (unpaired) electrons. The topological polar surface area (TPSA) is 76.8 Å². The molecule has 0 unspecified atom stereocenters. The number of likely N-dealkylation sites (tertiary alicyclic amines) is 1. The van der Waals surface area contributed by atoms with Crippen molar-refractivity contribution in [3.8, 4) is 0 Å². The summed E-state index contributed by atoms with van der Waals surface area (Å²) in [6.45, 7) is 4.35. The van der Waals surface area contributed by atoms with Crippen LogP contribution in [0.25, 0.3) is 11.0 Å². The molecule has 0 atom stereocenters. The van der Waals surface area contributed by atoms with Crippen molar-refractivity contribution < 1.29 is 27.6 Å². The molecule has 2 aromatic rings. The minimum absolute atomic E-state index is 0.0241. The third kappa shape index (κ3) is 6.19. The van der Waals surface area contributed by atoms with Gasteiger partial charge in [0.05, 0.1) is 25.3 Å². The van der Waals surface area contributed by atoms with Gasteiger partial charge in [-0.05, 0) is 83.0 Å². The lowest BCUT2D eigenvalue weighted by Crippen LogP contribution is -2.41. The molecule has 1 aromatic heterocycles. The highest BCUT2D eigenvalue weighted by Crippen LogP contribution is 2.34. The second-order valence-electron chi connectivity index (χ2n) is 10.2. The Kier molecular flexibility index (Phi) is 7.94. The van der Waals surface area contributed by atoms with Gasteiger partial charge in [0.25, 0.3) is 0 Å². The Morgan fingerprint density at radius 3 is 2.49 bits per heavy atom. The van der Waals surface area contributed by atoms with E-state index < -0.39 is 17.9 Å². The summed E-state index contributed by atoms with van der Waals surface area (Å²) in [5.41, 5.74) is 1.06. The molecule has 192 valence electrons. The molecular weight excluding hydrogens is 456 g/mol. The number of aromatic nitrogens is 1. The SMILES string of the molecule is O=C(CC1OCCCO1)NC1CCC(CCN2CCC(c3noc4cc(F)c(F)cc34)CC2)CC1. The molecular formula is C26H35F2N3O4. The van der Waals surface area contributed by atoms with E-state index >= 15 is 0 Å². The van der Waals surface area contributed by atoms with Crippen LogP contribution in [0.1, 0.15) is 69.4 Å². The molecule has 2 aliphatic heterocycles. The Balaban J connectivity index is 1.00. The highest BCUT2D eigenvalue weighted by Gasteiger charge is 2.28. The number of halogens is 2. The average Bonchev–Trinajstić information content (AvgIpc) is 3.27. The first kappa shape index (κ1) is 24.6. The minimum atomic E-state index is -0.907. The maximum atomic E-state index is 13.7. The largest absolute Gasteiger partial charge is 0.356 e. The van der Waals surface area contributed by atoms with E-state index in [1.165, 1.54) is 12.5 Å². The fourth-order valence-corrected chi connectivity index (χ4v) is 5.73. The summed E-state index contributed by atoms with van der Waals surface area (Å²) in [6.07, 6.45) is 8.18. The normalized spacial score (nSPS) is 25.2. The van der Waals surface area contributed by atoms with E-state index in [1.807, 2.05) is 0 Å². The van der Waals surface area contributed by atoms with Crippen molar-refractivity contribution in [3.05, 3.63) is 29.5 Å². The second-order valence-corrected chi connectivity index (χ2v) is 10.2. The summed E-state index contributed by atoms with van der Waals surface area (Å²) < 4.78 is 43.4. The van der Waals surface area contributed by atoms with Crippen molar-refractivity contribution in [2.45, 2.75) is 76.0 Å². The van der Waals surface area contributed by atoms with Crippen LogP contribution < -0.4 is 5.32 Å². The zero-order valence-corrected chi connectivity index (χ0v) is 20.1. The van der Waals surface area contributed by atoms with Crippen molar-refractivity contribution >= 4 is 16.9 Å². The predicted octanol–water partition coefficient (Wildman–Crippen LogP) is 4.50. The standard InChI is InChI=1S/C26H35F2N3O4/c27-21-14-20-23(15-22(21)28)35-30-26(20)18-7-10-31(11-8-18)9-6-17-2-4-19(5-3-17)29-24(32)16-25-33-12-1-13-34-25/h14-15,17-19,25H,1-13,16H2,(H,29,32). The maximum absolute atomic E-state index is 13.7. The molecule has 9 heteroatoms. The third-order valence-corrected chi connectivity index (χ3v) is 7.83. The maximum Gasteiger partial charge on any atom is 0.225 e. The molecule has 0 bridgehead atoms. The van der Waals surface area contributed by atoms with Gasteiger partial charge in [-0.2, -0.15) is 0 Å². The fourth-order valence-electron chi connectivity index (χ4n) is 5.73. The van der Waals surface area contributed by atoms with Crippen LogP contribution in [0.3, 0.4) is 0 Å². The van der Waals surface area contributed by atoms with Gasteiger partial charge in [-0.1, -0.05) is 5.16 Å². The summed E-state index contributed by atoms with van der Waals surface area (Å²) >= 11 is 0. The van der Waals surface area contributed by atoms with E-state index in [0.29, 0.717) is 30.1 Å². The number of hydrogen-bond acceptors (Lipinski definition) is 6. The highest BCUT2D eigenvalue weighted by molar-refractivity contribution is 5.80. The zero-order chi connectivity index (χ0) is 24.2. The van der Waals surface area contributed by atoms with Gasteiger partial charge >= 0.3 is 0 Å². The highest BCUT2D eigenvalue weighted by atomic mass is 19.2. The number of nitrogens with one attached hydrogen (secondary N) is 1. The Morgan fingerprint density at radius 2 is 1.74 bits per heavy atom. The minimum Gasteiger partial charge on any atom is -0.356 e. The summed E-state index contributed by atoms with van der Waals surface area (Å²) in [6, 6.07) is 2.54. The molecule has 5 rings (SSSR count). The van der Waals surface area contributed by atoms with Crippen LogP contribution in [-0.4, -0.2) is 61.1 Å². The molecule has 35 heavy (non-hydrogen) atoms. The van der Waals surface area contributed by atoms with Crippen LogP contribution in [0.2, 0.25) is 0 Å². The molecule has 1 N–H and O–H groups in total. The van der Waals surface area contributed by atoms with Gasteiger partial charge in [0.15, 0.2) is 23.5 Å². The van der Waals surface area contributed by atoms with Gasteiger partial charge in [-0.3, -0.25) is 4.79 Å². The van der Waals surface area contributed by atoms with E-state index in [2.05, 4.69) is 15.4 Å². The van der Waals surface area contributed by atoms with Gasteiger partial charge in [-0.15, -0.1) is 0 Å². The van der Waals surface area contributed by atoms with Crippen LogP contribution in [0.4, 0.5) is 8.78 Å². The number of rotatable bonds is 7.